The van der Waals surface area contributed by atoms with Crippen LogP contribution in [0.15, 0.2) is 0 Å². The van der Waals surface area contributed by atoms with E-state index >= 15 is 0 Å². The van der Waals surface area contributed by atoms with Crippen molar-refractivity contribution in [1.82, 2.24) is 0 Å². The zero-order valence-corrected chi connectivity index (χ0v) is 14.0. The Labute approximate surface area is 132 Å². The van der Waals surface area contributed by atoms with Gasteiger partial charge in [0.05, 0.1) is 0 Å². The van der Waals surface area contributed by atoms with Gasteiger partial charge in [0.2, 0.25) is 0 Å². The molecule has 0 aromatic heterocycles. The van der Waals surface area contributed by atoms with Gasteiger partial charge in [0.25, 0.3) is 0 Å². The van der Waals surface area contributed by atoms with Crippen molar-refractivity contribution in [2.75, 3.05) is 13.2 Å². The monoisotopic (exact) mass is 294 g/mol. The van der Waals surface area contributed by atoms with Crippen molar-refractivity contribution >= 4 is 0 Å². The summed E-state index contributed by atoms with van der Waals surface area (Å²) in [6.45, 7) is 3.94. The molecule has 122 valence electrons. The van der Waals surface area contributed by atoms with Crippen LogP contribution in [0.1, 0.15) is 90.4 Å². The summed E-state index contributed by atoms with van der Waals surface area (Å²) in [4.78, 5) is 0. The molecule has 1 unspecified atom stereocenters. The summed E-state index contributed by atoms with van der Waals surface area (Å²) in [6.07, 6.45) is 16.1. The van der Waals surface area contributed by atoms with Gasteiger partial charge in [-0.25, -0.2) is 0 Å². The average molecular weight is 294 g/mol. The van der Waals surface area contributed by atoms with Crippen LogP contribution in [0, 0.1) is 11.8 Å². The fourth-order valence-electron chi connectivity index (χ4n) is 2.56. The van der Waals surface area contributed by atoms with E-state index in [1.54, 1.807) is 0 Å². The van der Waals surface area contributed by atoms with E-state index < -0.39 is 0 Å². The third-order valence-electron chi connectivity index (χ3n) is 3.89. The number of ether oxygens (including phenoxy) is 2. The van der Waals surface area contributed by atoms with Crippen LogP contribution in [-0.4, -0.2) is 19.5 Å². The first-order chi connectivity index (χ1) is 10.4. The summed E-state index contributed by atoms with van der Waals surface area (Å²) in [6, 6.07) is 0. The van der Waals surface area contributed by atoms with Gasteiger partial charge in [-0.05, 0) is 38.5 Å². The predicted octanol–water partition coefficient (Wildman–Crippen LogP) is 5.45. The Hall–Kier alpha value is -0.520. The number of hydrogen-bond acceptors (Lipinski definition) is 2. The second kappa shape index (κ2) is 14.4. The van der Waals surface area contributed by atoms with Crippen LogP contribution in [0.3, 0.4) is 0 Å². The van der Waals surface area contributed by atoms with E-state index in [1.807, 2.05) is 0 Å². The summed E-state index contributed by atoms with van der Waals surface area (Å²) in [7, 11) is 0. The van der Waals surface area contributed by atoms with Gasteiger partial charge in [-0.3, -0.25) is 0 Å². The van der Waals surface area contributed by atoms with Gasteiger partial charge in [-0.15, -0.1) is 11.8 Å². The van der Waals surface area contributed by atoms with Crippen LogP contribution in [0.4, 0.5) is 0 Å². The van der Waals surface area contributed by atoms with E-state index in [-0.39, 0.29) is 6.29 Å². The largest absolute Gasteiger partial charge is 0.353 e. The molecule has 0 aromatic carbocycles. The Morgan fingerprint density at radius 3 is 2.33 bits per heavy atom. The number of hydrogen-bond donors (Lipinski definition) is 0. The van der Waals surface area contributed by atoms with Crippen molar-refractivity contribution in [3.05, 3.63) is 0 Å². The lowest BCUT2D eigenvalue weighted by atomic mass is 10.1. The van der Waals surface area contributed by atoms with Crippen LogP contribution >= 0.6 is 0 Å². The van der Waals surface area contributed by atoms with E-state index in [4.69, 9.17) is 9.47 Å². The minimum absolute atomic E-state index is 0.0903. The van der Waals surface area contributed by atoms with Crippen molar-refractivity contribution in [1.29, 1.82) is 0 Å². The Morgan fingerprint density at radius 2 is 1.62 bits per heavy atom. The van der Waals surface area contributed by atoms with Crippen LogP contribution in [0.5, 0.6) is 0 Å². The van der Waals surface area contributed by atoms with Gasteiger partial charge in [-0.1, -0.05) is 39.0 Å². The molecule has 21 heavy (non-hydrogen) atoms. The summed E-state index contributed by atoms with van der Waals surface area (Å²) < 4.78 is 11.3. The highest BCUT2D eigenvalue weighted by Crippen LogP contribution is 2.14. The molecule has 0 bridgehead atoms. The molecule has 1 aliphatic rings. The lowest BCUT2D eigenvalue weighted by molar-refractivity contribution is -0.162. The van der Waals surface area contributed by atoms with Gasteiger partial charge < -0.3 is 9.47 Å². The Bertz CT molecular complexity index is 271. The molecule has 0 amide bonds. The minimum atomic E-state index is 0.0903. The highest BCUT2D eigenvalue weighted by Gasteiger charge is 2.13. The second-order valence-corrected chi connectivity index (χ2v) is 6.00. The molecule has 1 heterocycles. The van der Waals surface area contributed by atoms with Crippen LogP contribution in [0.25, 0.3) is 0 Å². The molecular weight excluding hydrogens is 260 g/mol. The first-order valence-electron chi connectivity index (χ1n) is 9.12. The van der Waals surface area contributed by atoms with Crippen molar-refractivity contribution in [3.63, 3.8) is 0 Å². The van der Waals surface area contributed by atoms with Gasteiger partial charge in [0.15, 0.2) is 6.29 Å². The van der Waals surface area contributed by atoms with E-state index in [9.17, 15) is 0 Å². The molecule has 1 saturated heterocycles. The summed E-state index contributed by atoms with van der Waals surface area (Å²) in [5.41, 5.74) is 0. The maximum atomic E-state index is 5.74. The van der Waals surface area contributed by atoms with Gasteiger partial charge in [-0.2, -0.15) is 0 Å². The lowest BCUT2D eigenvalue weighted by Crippen LogP contribution is -2.22. The third-order valence-corrected chi connectivity index (χ3v) is 3.89. The molecule has 0 radical (unpaired) electrons. The van der Waals surface area contributed by atoms with E-state index in [1.165, 1.54) is 64.2 Å². The van der Waals surface area contributed by atoms with Crippen LogP contribution in [-0.2, 0) is 9.47 Å². The van der Waals surface area contributed by atoms with E-state index in [0.29, 0.717) is 0 Å². The normalized spacial score (nSPS) is 18.2. The quantitative estimate of drug-likeness (QED) is 0.372. The number of rotatable bonds is 11. The molecule has 1 fully saturated rings. The molecule has 0 aromatic rings. The summed E-state index contributed by atoms with van der Waals surface area (Å²) >= 11 is 0. The smallest absolute Gasteiger partial charge is 0.157 e. The molecule has 0 saturated carbocycles. The van der Waals surface area contributed by atoms with Crippen molar-refractivity contribution in [3.8, 4) is 11.8 Å². The van der Waals surface area contributed by atoms with Crippen molar-refractivity contribution < 1.29 is 9.47 Å². The van der Waals surface area contributed by atoms with Crippen molar-refractivity contribution in [2.45, 2.75) is 96.7 Å². The maximum Gasteiger partial charge on any atom is 0.157 e. The third kappa shape index (κ3) is 11.8. The van der Waals surface area contributed by atoms with Gasteiger partial charge in [0.1, 0.15) is 0 Å². The van der Waals surface area contributed by atoms with E-state index in [2.05, 4.69) is 18.8 Å². The fraction of sp³-hybridized carbons (Fsp3) is 0.895. The molecule has 1 atom stereocenters. The topological polar surface area (TPSA) is 18.5 Å². The first kappa shape index (κ1) is 18.5. The molecule has 0 N–H and O–H groups in total. The molecule has 0 aliphatic carbocycles. The second-order valence-electron chi connectivity index (χ2n) is 6.00. The zero-order valence-electron chi connectivity index (χ0n) is 14.0. The SMILES string of the molecule is CCCC#CCCCCCCCCCOC1CCCCO1. The van der Waals surface area contributed by atoms with E-state index in [0.717, 1.165) is 32.5 Å². The molecule has 0 spiro atoms. The van der Waals surface area contributed by atoms with Crippen molar-refractivity contribution in [2.24, 2.45) is 0 Å². The zero-order chi connectivity index (χ0) is 15.0. The summed E-state index contributed by atoms with van der Waals surface area (Å²) in [5.74, 6) is 6.47. The molecule has 2 heteroatoms. The fourth-order valence-corrected chi connectivity index (χ4v) is 2.56. The Morgan fingerprint density at radius 1 is 0.905 bits per heavy atom. The standard InChI is InChI=1S/C19H34O2/c1-2-3-4-5-6-7-8-9-10-11-12-14-17-20-19-16-13-15-18-21-19/h19H,2-3,6-18H2,1H3. The van der Waals surface area contributed by atoms with Crippen LogP contribution < -0.4 is 0 Å². The Kier molecular flexibility index (Phi) is 12.7. The minimum Gasteiger partial charge on any atom is -0.353 e. The molecular formula is C19H34O2. The van der Waals surface area contributed by atoms with Gasteiger partial charge >= 0.3 is 0 Å². The average Bonchev–Trinajstić information content (AvgIpc) is 2.53. The highest BCUT2D eigenvalue weighted by molar-refractivity contribution is 4.98. The summed E-state index contributed by atoms with van der Waals surface area (Å²) in [5, 5.41) is 0. The first-order valence-corrected chi connectivity index (χ1v) is 9.12. The molecule has 1 rings (SSSR count). The number of unbranched alkanes of at least 4 members (excludes halogenated alkanes) is 8. The molecule has 2 nitrogen and oxygen atoms in total. The molecule has 1 aliphatic heterocycles. The Balaban J connectivity index is 1.73. The van der Waals surface area contributed by atoms with Crippen LogP contribution in [0.2, 0.25) is 0 Å². The highest BCUT2D eigenvalue weighted by atomic mass is 16.7. The predicted molar refractivity (Wildman–Crippen MR) is 89.2 cm³/mol. The maximum absolute atomic E-state index is 5.74. The van der Waals surface area contributed by atoms with Gasteiger partial charge in [0, 0.05) is 26.1 Å². The lowest BCUT2D eigenvalue weighted by Gasteiger charge is -2.22.